The maximum atomic E-state index is 12.3. The van der Waals surface area contributed by atoms with Gasteiger partial charge in [-0.3, -0.25) is 5.32 Å². The maximum absolute atomic E-state index is 12.3. The molecule has 0 spiro atoms. The molecule has 3 N–H and O–H groups in total. The van der Waals surface area contributed by atoms with Crippen LogP contribution < -0.4 is 15.8 Å². The molecular formula is C27H28N6O3. The topological polar surface area (TPSA) is 117 Å². The minimum Gasteiger partial charge on any atom is -0.446 e. The first-order chi connectivity index (χ1) is 17.6. The van der Waals surface area contributed by atoms with E-state index in [1.807, 2.05) is 49.4 Å². The van der Waals surface area contributed by atoms with Gasteiger partial charge in [0.05, 0.1) is 16.9 Å². The number of fused-ring (bicyclic) bond motifs is 1. The molecule has 4 aromatic rings. The van der Waals surface area contributed by atoms with Crippen LogP contribution in [0.2, 0.25) is 0 Å². The van der Waals surface area contributed by atoms with E-state index in [2.05, 4.69) is 24.8 Å². The van der Waals surface area contributed by atoms with Crippen LogP contribution in [0.4, 0.5) is 16.2 Å². The predicted octanol–water partition coefficient (Wildman–Crippen LogP) is 5.94. The number of nitrogen functional groups attached to an aromatic ring is 1. The van der Waals surface area contributed by atoms with Crippen molar-refractivity contribution in [3.05, 3.63) is 55.1 Å². The third-order valence-corrected chi connectivity index (χ3v) is 7.12. The monoisotopic (exact) mass is 484 g/mol. The number of carbonyl (C=O) groups is 1. The number of rotatable bonds is 7. The van der Waals surface area contributed by atoms with Crippen molar-refractivity contribution in [1.29, 1.82) is 0 Å². The first-order valence-electron chi connectivity index (χ1n) is 12.4. The fourth-order valence-corrected chi connectivity index (χ4v) is 4.78. The fourth-order valence-electron chi connectivity index (χ4n) is 4.78. The van der Waals surface area contributed by atoms with Crippen molar-refractivity contribution in [2.24, 2.45) is 5.92 Å². The van der Waals surface area contributed by atoms with Crippen LogP contribution in [0.3, 0.4) is 0 Å². The zero-order valence-electron chi connectivity index (χ0n) is 20.1. The quantitative estimate of drug-likeness (QED) is 0.333. The Morgan fingerprint density at radius 3 is 2.50 bits per heavy atom. The minimum atomic E-state index is -0.420. The number of nitrogens with zero attached hydrogens (tertiary/aromatic N) is 4. The van der Waals surface area contributed by atoms with Crippen molar-refractivity contribution in [2.45, 2.75) is 51.2 Å². The second-order valence-electron chi connectivity index (χ2n) is 9.57. The van der Waals surface area contributed by atoms with Crippen molar-refractivity contribution < 1.29 is 14.3 Å². The molecule has 2 aliphatic rings. The van der Waals surface area contributed by atoms with Crippen LogP contribution in [0.25, 0.3) is 22.2 Å². The number of benzene rings is 2. The number of ether oxygens (including phenoxy) is 2. The molecule has 6 rings (SSSR count). The molecule has 9 nitrogen and oxygen atoms in total. The van der Waals surface area contributed by atoms with Gasteiger partial charge >= 0.3 is 12.1 Å². The van der Waals surface area contributed by atoms with E-state index >= 15 is 0 Å². The van der Waals surface area contributed by atoms with Gasteiger partial charge in [0.1, 0.15) is 24.5 Å². The third kappa shape index (κ3) is 4.32. The number of amides is 1. The summed E-state index contributed by atoms with van der Waals surface area (Å²) in [6.45, 7) is 1.95. The summed E-state index contributed by atoms with van der Waals surface area (Å²) >= 11 is 0. The van der Waals surface area contributed by atoms with E-state index in [1.165, 1.54) is 19.1 Å². The van der Waals surface area contributed by atoms with Crippen LogP contribution >= 0.6 is 0 Å². The van der Waals surface area contributed by atoms with Gasteiger partial charge in [-0.1, -0.05) is 12.1 Å². The molecule has 1 amide bonds. The number of aromatic nitrogens is 4. The number of carbonyl (C=O) groups excluding carboxylic acids is 1. The van der Waals surface area contributed by atoms with E-state index in [4.69, 9.17) is 15.2 Å². The average Bonchev–Trinajstić information content (AvgIpc) is 3.66. The lowest BCUT2D eigenvalue weighted by Gasteiger charge is -2.30. The van der Waals surface area contributed by atoms with Gasteiger partial charge in [0.2, 0.25) is 0 Å². The largest absolute Gasteiger partial charge is 0.446 e. The highest BCUT2D eigenvalue weighted by Gasteiger charge is 2.31. The summed E-state index contributed by atoms with van der Waals surface area (Å²) in [6, 6.07) is 14.2. The predicted molar refractivity (Wildman–Crippen MR) is 137 cm³/mol. The van der Waals surface area contributed by atoms with Crippen LogP contribution in [-0.4, -0.2) is 31.7 Å². The Morgan fingerprint density at radius 1 is 1.08 bits per heavy atom. The molecule has 0 aliphatic heterocycles. The smallest absolute Gasteiger partial charge is 0.411 e. The van der Waals surface area contributed by atoms with E-state index in [9.17, 15) is 4.79 Å². The normalized spacial score (nSPS) is 16.4. The van der Waals surface area contributed by atoms with Crippen molar-refractivity contribution in [3.8, 4) is 23.0 Å². The van der Waals surface area contributed by atoms with Crippen LogP contribution in [0, 0.1) is 5.92 Å². The lowest BCUT2D eigenvalue weighted by atomic mass is 9.92. The van der Waals surface area contributed by atoms with Gasteiger partial charge in [0.25, 0.3) is 0 Å². The number of hydrogen-bond donors (Lipinski definition) is 2. The highest BCUT2D eigenvalue weighted by atomic mass is 16.6. The first kappa shape index (κ1) is 22.3. The minimum absolute atomic E-state index is 0.0544. The van der Waals surface area contributed by atoms with Crippen LogP contribution in [-0.2, 0) is 4.74 Å². The summed E-state index contributed by atoms with van der Waals surface area (Å²) in [5, 5.41) is 3.75. The molecular weight excluding hydrogens is 456 g/mol. The molecule has 0 radical (unpaired) electrons. The van der Waals surface area contributed by atoms with Crippen LogP contribution in [0.15, 0.2) is 55.1 Å². The Hall–Kier alpha value is -4.14. The van der Waals surface area contributed by atoms with Crippen molar-refractivity contribution in [2.75, 3.05) is 11.1 Å². The zero-order chi connectivity index (χ0) is 24.6. The van der Waals surface area contributed by atoms with Gasteiger partial charge in [-0.15, -0.1) is 0 Å². The molecule has 2 aromatic carbocycles. The lowest BCUT2D eigenvalue weighted by molar-refractivity contribution is 0.108. The van der Waals surface area contributed by atoms with Gasteiger partial charge in [-0.05, 0) is 75.3 Å². The number of nitrogens with two attached hydrogens (primary N) is 1. The summed E-state index contributed by atoms with van der Waals surface area (Å²) in [7, 11) is 0. The Morgan fingerprint density at radius 2 is 1.83 bits per heavy atom. The standard InChI is InChI=1S/C27H28N6O3/c1-16(17-5-6-17)35-27(34)32-19-9-7-18(8-10-19)25-24(28)22-13-21(36-26-30-14-29-15-31-26)11-12-23(22)33(25)20-3-2-4-20/h7-17,20H,2-6,28H2,1H3,(H,32,34). The SMILES string of the molecule is CC(OC(=O)Nc1ccc(-c2c(N)c3cc(Oc4ncncn4)ccc3n2C2CCC2)cc1)C1CC1. The van der Waals surface area contributed by atoms with Gasteiger partial charge in [0.15, 0.2) is 0 Å². The number of nitrogens with one attached hydrogen (secondary N) is 1. The molecule has 9 heteroatoms. The summed E-state index contributed by atoms with van der Waals surface area (Å²) in [5.41, 5.74) is 11.2. The third-order valence-electron chi connectivity index (χ3n) is 7.12. The fraction of sp³-hybridized carbons (Fsp3) is 0.333. The van der Waals surface area contributed by atoms with Crippen LogP contribution in [0.1, 0.15) is 45.1 Å². The van der Waals surface area contributed by atoms with Gasteiger partial charge < -0.3 is 19.8 Å². The Balaban J connectivity index is 1.30. The molecule has 36 heavy (non-hydrogen) atoms. The van der Waals surface area contributed by atoms with E-state index < -0.39 is 6.09 Å². The Kier molecular flexibility index (Phi) is 5.67. The zero-order valence-corrected chi connectivity index (χ0v) is 20.1. The van der Waals surface area contributed by atoms with Gasteiger partial charge in [-0.25, -0.2) is 9.78 Å². The lowest BCUT2D eigenvalue weighted by Crippen LogP contribution is -2.21. The van der Waals surface area contributed by atoms with Crippen molar-refractivity contribution in [3.63, 3.8) is 0 Å². The number of hydrogen-bond acceptors (Lipinski definition) is 7. The van der Waals surface area contributed by atoms with Crippen molar-refractivity contribution >= 4 is 28.4 Å². The molecule has 2 heterocycles. The molecule has 2 saturated carbocycles. The highest BCUT2D eigenvalue weighted by molar-refractivity contribution is 6.02. The maximum Gasteiger partial charge on any atom is 0.411 e. The highest BCUT2D eigenvalue weighted by Crippen LogP contribution is 2.45. The average molecular weight is 485 g/mol. The second-order valence-corrected chi connectivity index (χ2v) is 9.57. The summed E-state index contributed by atoms with van der Waals surface area (Å²) in [6.07, 6.45) is 8.01. The van der Waals surface area contributed by atoms with E-state index in [1.54, 1.807) is 0 Å². The van der Waals surface area contributed by atoms with Crippen LogP contribution in [0.5, 0.6) is 11.8 Å². The molecule has 0 bridgehead atoms. The molecule has 2 aliphatic carbocycles. The molecule has 2 aromatic heterocycles. The second kappa shape index (κ2) is 9.14. The van der Waals surface area contributed by atoms with Gasteiger partial charge in [0, 0.05) is 22.7 Å². The molecule has 1 atom stereocenters. The molecule has 2 fully saturated rings. The summed E-state index contributed by atoms with van der Waals surface area (Å²) in [4.78, 5) is 24.1. The Bertz CT molecular complexity index is 1390. The molecule has 1 unspecified atom stereocenters. The van der Waals surface area contributed by atoms with Crippen molar-refractivity contribution in [1.82, 2.24) is 19.5 Å². The Labute approximate surface area is 208 Å². The van der Waals surface area contributed by atoms with E-state index in [0.717, 1.165) is 47.8 Å². The number of anilines is 2. The van der Waals surface area contributed by atoms with Gasteiger partial charge in [-0.2, -0.15) is 9.97 Å². The summed E-state index contributed by atoms with van der Waals surface area (Å²) < 4.78 is 13.6. The summed E-state index contributed by atoms with van der Waals surface area (Å²) in [5.74, 6) is 1.11. The first-order valence-corrected chi connectivity index (χ1v) is 12.4. The van der Waals surface area contributed by atoms with E-state index in [-0.39, 0.29) is 12.1 Å². The van der Waals surface area contributed by atoms with E-state index in [0.29, 0.717) is 29.1 Å². The molecule has 0 saturated heterocycles. The molecule has 184 valence electrons.